The van der Waals surface area contributed by atoms with Gasteiger partial charge in [0.05, 0.1) is 23.8 Å². The van der Waals surface area contributed by atoms with E-state index < -0.39 is 0 Å². The summed E-state index contributed by atoms with van der Waals surface area (Å²) < 4.78 is 8.23. The molecule has 0 amide bonds. The van der Waals surface area contributed by atoms with Gasteiger partial charge >= 0.3 is 5.69 Å². The number of ketones is 1. The second kappa shape index (κ2) is 4.85. The fraction of sp³-hybridized carbons (Fsp3) is 0.200. The van der Waals surface area contributed by atoms with Gasteiger partial charge < -0.3 is 4.42 Å². The number of carbonyl (C=O) groups excluding carboxylic acids is 1. The molecule has 5 nitrogen and oxygen atoms in total. The molecule has 3 aromatic rings. The minimum atomic E-state index is -0.212. The van der Waals surface area contributed by atoms with E-state index in [1.54, 1.807) is 16.7 Å². The predicted molar refractivity (Wildman–Crippen MR) is 74.9 cm³/mol. The first-order valence-corrected chi connectivity index (χ1v) is 6.47. The quantitative estimate of drug-likeness (QED) is 0.683. The number of aromatic nitrogens is 2. The van der Waals surface area contributed by atoms with Crippen LogP contribution in [0.2, 0.25) is 0 Å². The molecule has 20 heavy (non-hydrogen) atoms. The van der Waals surface area contributed by atoms with E-state index in [1.807, 2.05) is 31.2 Å². The molecule has 0 saturated carbocycles. The van der Waals surface area contributed by atoms with Crippen molar-refractivity contribution in [2.75, 3.05) is 0 Å². The van der Waals surface area contributed by atoms with Crippen LogP contribution in [0, 0.1) is 0 Å². The van der Waals surface area contributed by atoms with Gasteiger partial charge in [-0.05, 0) is 31.2 Å². The van der Waals surface area contributed by atoms with E-state index in [0.29, 0.717) is 6.54 Å². The van der Waals surface area contributed by atoms with E-state index in [0.717, 1.165) is 11.0 Å². The fourth-order valence-corrected chi connectivity index (χ4v) is 2.39. The average Bonchev–Trinajstić information content (AvgIpc) is 3.07. The van der Waals surface area contributed by atoms with Gasteiger partial charge in [0.1, 0.15) is 0 Å². The Morgan fingerprint density at radius 3 is 2.40 bits per heavy atom. The molecule has 2 heterocycles. The Morgan fingerprint density at radius 1 is 1.10 bits per heavy atom. The first kappa shape index (κ1) is 12.5. The van der Waals surface area contributed by atoms with Crippen molar-refractivity contribution in [1.29, 1.82) is 0 Å². The number of benzene rings is 1. The molecule has 5 heteroatoms. The van der Waals surface area contributed by atoms with Crippen LogP contribution < -0.4 is 5.69 Å². The molecule has 0 aliphatic carbocycles. The normalized spacial score (nSPS) is 11.1. The van der Waals surface area contributed by atoms with Gasteiger partial charge in [-0.15, -0.1) is 0 Å². The summed E-state index contributed by atoms with van der Waals surface area (Å²) in [6, 6.07) is 10.7. The molecule has 0 N–H and O–H groups in total. The number of aryl methyl sites for hydroxylation is 1. The average molecular weight is 270 g/mol. The summed E-state index contributed by atoms with van der Waals surface area (Å²) in [7, 11) is 0. The number of hydrogen-bond donors (Lipinski definition) is 0. The van der Waals surface area contributed by atoms with Crippen LogP contribution in [-0.4, -0.2) is 14.9 Å². The van der Waals surface area contributed by atoms with Gasteiger partial charge in [-0.2, -0.15) is 0 Å². The van der Waals surface area contributed by atoms with Gasteiger partial charge in [0.15, 0.2) is 5.76 Å². The van der Waals surface area contributed by atoms with Gasteiger partial charge in [-0.3, -0.25) is 13.9 Å². The van der Waals surface area contributed by atoms with Crippen molar-refractivity contribution in [3.8, 4) is 0 Å². The molecule has 3 rings (SSSR count). The number of carbonyl (C=O) groups is 1. The van der Waals surface area contributed by atoms with Crippen LogP contribution >= 0.6 is 0 Å². The summed E-state index contributed by atoms with van der Waals surface area (Å²) in [4.78, 5) is 24.5. The molecule has 0 atom stereocenters. The lowest BCUT2D eigenvalue weighted by Crippen LogP contribution is -2.26. The zero-order chi connectivity index (χ0) is 14.1. The van der Waals surface area contributed by atoms with E-state index in [4.69, 9.17) is 4.42 Å². The molecular formula is C15H14N2O3. The Bertz CT molecular complexity index is 809. The zero-order valence-electron chi connectivity index (χ0n) is 11.1. The van der Waals surface area contributed by atoms with E-state index in [9.17, 15) is 9.59 Å². The van der Waals surface area contributed by atoms with E-state index in [1.165, 1.54) is 10.8 Å². The Morgan fingerprint density at radius 2 is 1.80 bits per heavy atom. The number of hydrogen-bond acceptors (Lipinski definition) is 3. The molecule has 0 bridgehead atoms. The van der Waals surface area contributed by atoms with Crippen LogP contribution in [-0.2, 0) is 13.1 Å². The summed E-state index contributed by atoms with van der Waals surface area (Å²) in [5.41, 5.74) is 1.43. The second-order valence-electron chi connectivity index (χ2n) is 4.50. The Hall–Kier alpha value is -2.56. The zero-order valence-corrected chi connectivity index (χ0v) is 11.1. The van der Waals surface area contributed by atoms with Crippen molar-refractivity contribution in [3.05, 3.63) is 58.9 Å². The number of Topliss-reactive ketones (excluding diaryl/α,β-unsaturated/α-hetero) is 1. The van der Waals surface area contributed by atoms with Crippen LogP contribution in [0.4, 0.5) is 0 Å². The maximum absolute atomic E-state index is 12.4. The van der Waals surface area contributed by atoms with Crippen LogP contribution in [0.25, 0.3) is 11.0 Å². The molecule has 0 aliphatic rings. The lowest BCUT2D eigenvalue weighted by molar-refractivity contribution is 0.0945. The third kappa shape index (κ3) is 1.87. The van der Waals surface area contributed by atoms with Gasteiger partial charge in [-0.1, -0.05) is 12.1 Å². The summed E-state index contributed by atoms with van der Waals surface area (Å²) >= 11 is 0. The highest BCUT2D eigenvalue weighted by Crippen LogP contribution is 2.13. The highest BCUT2D eigenvalue weighted by Gasteiger charge is 2.16. The molecule has 0 saturated heterocycles. The smallest absolute Gasteiger partial charge is 0.329 e. The van der Waals surface area contributed by atoms with Gasteiger partial charge in [0, 0.05) is 6.54 Å². The maximum Gasteiger partial charge on any atom is 0.329 e. The molecular weight excluding hydrogens is 256 g/mol. The van der Waals surface area contributed by atoms with Gasteiger partial charge in [0.25, 0.3) is 0 Å². The number of para-hydroxylation sites is 2. The van der Waals surface area contributed by atoms with E-state index >= 15 is 0 Å². The molecule has 1 aromatic carbocycles. The van der Waals surface area contributed by atoms with Crippen molar-refractivity contribution < 1.29 is 9.21 Å². The molecule has 0 unspecified atom stereocenters. The first-order valence-electron chi connectivity index (χ1n) is 6.47. The third-order valence-electron chi connectivity index (χ3n) is 3.34. The largest absolute Gasteiger partial charge is 0.461 e. The summed E-state index contributed by atoms with van der Waals surface area (Å²) in [5, 5.41) is 0. The summed E-state index contributed by atoms with van der Waals surface area (Å²) in [6.07, 6.45) is 1.45. The van der Waals surface area contributed by atoms with Crippen molar-refractivity contribution in [3.63, 3.8) is 0 Å². The van der Waals surface area contributed by atoms with Gasteiger partial charge in [-0.25, -0.2) is 4.79 Å². The molecule has 102 valence electrons. The molecule has 0 fully saturated rings. The number of imidazole rings is 1. The van der Waals surface area contributed by atoms with E-state index in [2.05, 4.69) is 0 Å². The molecule has 0 aliphatic heterocycles. The predicted octanol–water partition coefficient (Wildman–Crippen LogP) is 2.30. The minimum Gasteiger partial charge on any atom is -0.461 e. The van der Waals surface area contributed by atoms with Crippen molar-refractivity contribution in [1.82, 2.24) is 9.13 Å². The minimum absolute atomic E-state index is 0.0140. The number of furan rings is 1. The highest BCUT2D eigenvalue weighted by atomic mass is 16.3. The Kier molecular flexibility index (Phi) is 3.02. The monoisotopic (exact) mass is 270 g/mol. The first-order chi connectivity index (χ1) is 9.72. The Labute approximate surface area is 115 Å². The lowest BCUT2D eigenvalue weighted by atomic mass is 10.3. The van der Waals surface area contributed by atoms with E-state index in [-0.39, 0.29) is 23.8 Å². The van der Waals surface area contributed by atoms with Crippen molar-refractivity contribution in [2.24, 2.45) is 0 Å². The number of fused-ring (bicyclic) bond motifs is 1. The standard InChI is InChI=1S/C15H14N2O3/c1-2-16-11-6-3-4-7-12(11)17(15(16)19)10-13(18)14-8-5-9-20-14/h3-9H,2,10H2,1H3. The van der Waals surface area contributed by atoms with Crippen molar-refractivity contribution in [2.45, 2.75) is 20.0 Å². The van der Waals surface area contributed by atoms with Crippen LogP contribution in [0.5, 0.6) is 0 Å². The maximum atomic E-state index is 12.4. The number of rotatable bonds is 4. The highest BCUT2D eigenvalue weighted by molar-refractivity contribution is 5.94. The lowest BCUT2D eigenvalue weighted by Gasteiger charge is -2.00. The fourth-order valence-electron chi connectivity index (χ4n) is 2.39. The Balaban J connectivity index is 2.10. The second-order valence-corrected chi connectivity index (χ2v) is 4.50. The SMILES string of the molecule is CCn1c(=O)n(CC(=O)c2ccco2)c2ccccc21. The van der Waals surface area contributed by atoms with Gasteiger partial charge in [0.2, 0.25) is 5.78 Å². The van der Waals surface area contributed by atoms with Crippen LogP contribution in [0.3, 0.4) is 0 Å². The van der Waals surface area contributed by atoms with Crippen LogP contribution in [0.1, 0.15) is 17.5 Å². The number of nitrogens with zero attached hydrogens (tertiary/aromatic N) is 2. The summed E-state index contributed by atoms with van der Waals surface area (Å²) in [6.45, 7) is 2.47. The third-order valence-corrected chi connectivity index (χ3v) is 3.34. The molecule has 0 radical (unpaired) electrons. The molecule has 2 aromatic heterocycles. The van der Waals surface area contributed by atoms with Crippen LogP contribution in [0.15, 0.2) is 51.9 Å². The topological polar surface area (TPSA) is 57.1 Å². The van der Waals surface area contributed by atoms with Crippen molar-refractivity contribution >= 4 is 16.8 Å². The summed E-state index contributed by atoms with van der Waals surface area (Å²) in [5.74, 6) is 0.0568. The molecule has 0 spiro atoms.